The van der Waals surface area contributed by atoms with Crippen LogP contribution in [-0.4, -0.2) is 9.97 Å². The number of halogens is 1. The molecule has 2 nitrogen and oxygen atoms in total. The fraction of sp³-hybridized carbons (Fsp3) is 0.308. The predicted molar refractivity (Wildman–Crippen MR) is 67.8 cm³/mol. The van der Waals surface area contributed by atoms with Crippen molar-refractivity contribution in [2.75, 3.05) is 0 Å². The van der Waals surface area contributed by atoms with E-state index in [1.807, 2.05) is 6.20 Å². The van der Waals surface area contributed by atoms with Crippen LogP contribution in [0.25, 0.3) is 11.3 Å². The molecule has 84 valence electrons. The van der Waals surface area contributed by atoms with Gasteiger partial charge in [-0.25, -0.2) is 4.98 Å². The molecule has 0 radical (unpaired) electrons. The molecule has 0 amide bonds. The Labute approximate surface area is 101 Å². The van der Waals surface area contributed by atoms with Crippen LogP contribution in [0.4, 0.5) is 0 Å². The topological polar surface area (TPSA) is 28.7 Å². The number of hydrogen-bond donors (Lipinski definition) is 1. The van der Waals surface area contributed by atoms with Crippen molar-refractivity contribution in [2.45, 2.75) is 26.7 Å². The first-order valence-corrected chi connectivity index (χ1v) is 5.83. The quantitative estimate of drug-likeness (QED) is 0.788. The summed E-state index contributed by atoms with van der Waals surface area (Å²) in [6, 6.07) is 4.39. The van der Waals surface area contributed by atoms with Crippen molar-refractivity contribution >= 4 is 11.6 Å². The highest BCUT2D eigenvalue weighted by Gasteiger charge is 2.07. The van der Waals surface area contributed by atoms with Gasteiger partial charge in [0, 0.05) is 5.56 Å². The molecule has 2 aromatic rings. The minimum Gasteiger partial charge on any atom is -0.341 e. The van der Waals surface area contributed by atoms with Crippen LogP contribution in [0.2, 0.25) is 0 Å². The number of hydrogen-bond acceptors (Lipinski definition) is 1. The monoisotopic (exact) mass is 234 g/mol. The Bertz CT molecular complexity index is 515. The van der Waals surface area contributed by atoms with Crippen LogP contribution in [0.5, 0.6) is 0 Å². The molecule has 1 aromatic heterocycles. The number of H-pyrrole nitrogens is 1. The Hall–Kier alpha value is -1.28. The van der Waals surface area contributed by atoms with Gasteiger partial charge in [0.25, 0.3) is 0 Å². The molecule has 1 heterocycles. The number of nitrogens with zero attached hydrogens (tertiary/aromatic N) is 1. The summed E-state index contributed by atoms with van der Waals surface area (Å²) in [6.45, 7) is 6.36. The predicted octanol–water partition coefficient (Wildman–Crippen LogP) is 3.74. The maximum atomic E-state index is 5.73. The van der Waals surface area contributed by atoms with Gasteiger partial charge in [-0.05, 0) is 43.5 Å². The minimum absolute atomic E-state index is 0.421. The third kappa shape index (κ3) is 1.98. The molecule has 0 saturated carbocycles. The van der Waals surface area contributed by atoms with E-state index in [2.05, 4.69) is 42.9 Å². The van der Waals surface area contributed by atoms with E-state index < -0.39 is 0 Å². The average Bonchev–Trinajstić information content (AvgIpc) is 2.71. The fourth-order valence-electron chi connectivity index (χ4n) is 1.82. The van der Waals surface area contributed by atoms with Crippen LogP contribution in [0, 0.1) is 20.8 Å². The number of aromatic nitrogens is 2. The second kappa shape index (κ2) is 4.30. The molecule has 0 aliphatic heterocycles. The Balaban J connectivity index is 2.51. The minimum atomic E-state index is 0.421. The summed E-state index contributed by atoms with van der Waals surface area (Å²) in [7, 11) is 0. The number of aryl methyl sites for hydroxylation is 3. The summed E-state index contributed by atoms with van der Waals surface area (Å²) in [5, 5.41) is 0. The molecule has 3 heteroatoms. The molecule has 2 rings (SSSR count). The van der Waals surface area contributed by atoms with Crippen LogP contribution in [0.15, 0.2) is 18.3 Å². The van der Waals surface area contributed by atoms with Crippen molar-refractivity contribution in [1.82, 2.24) is 9.97 Å². The van der Waals surface area contributed by atoms with Gasteiger partial charge in [-0.15, -0.1) is 11.6 Å². The highest BCUT2D eigenvalue weighted by atomic mass is 35.5. The maximum absolute atomic E-state index is 5.73. The van der Waals surface area contributed by atoms with Gasteiger partial charge in [0.05, 0.1) is 17.8 Å². The first-order valence-electron chi connectivity index (χ1n) is 5.30. The summed E-state index contributed by atoms with van der Waals surface area (Å²) in [5.41, 5.74) is 6.11. The van der Waals surface area contributed by atoms with Gasteiger partial charge in [0.15, 0.2) is 0 Å². The van der Waals surface area contributed by atoms with Gasteiger partial charge < -0.3 is 4.98 Å². The van der Waals surface area contributed by atoms with E-state index in [4.69, 9.17) is 11.6 Å². The summed E-state index contributed by atoms with van der Waals surface area (Å²) in [6.07, 6.45) is 1.84. The normalized spacial score (nSPS) is 10.8. The lowest BCUT2D eigenvalue weighted by atomic mass is 9.99. The highest BCUT2D eigenvalue weighted by Crippen LogP contribution is 2.25. The fourth-order valence-corrected chi connectivity index (χ4v) is 1.95. The number of imidazole rings is 1. The molecule has 0 aliphatic carbocycles. The zero-order valence-electron chi connectivity index (χ0n) is 9.76. The standard InChI is InChI=1S/C13H15ClN2/c1-8-4-10(3)11(5-9(8)2)12-7-15-13(6-14)16-12/h4-5,7H,6H2,1-3H3,(H,15,16). The summed E-state index contributed by atoms with van der Waals surface area (Å²) in [5.74, 6) is 1.23. The summed E-state index contributed by atoms with van der Waals surface area (Å²) in [4.78, 5) is 7.44. The van der Waals surface area contributed by atoms with E-state index in [1.165, 1.54) is 22.3 Å². The molecule has 0 bridgehead atoms. The zero-order chi connectivity index (χ0) is 11.7. The molecule has 0 fully saturated rings. The summed E-state index contributed by atoms with van der Waals surface area (Å²) < 4.78 is 0. The smallest absolute Gasteiger partial charge is 0.121 e. The van der Waals surface area contributed by atoms with Crippen LogP contribution >= 0.6 is 11.6 Å². The molecular formula is C13H15ClN2. The Morgan fingerprint density at radius 2 is 1.81 bits per heavy atom. The first kappa shape index (κ1) is 11.2. The van der Waals surface area contributed by atoms with Gasteiger partial charge in [-0.2, -0.15) is 0 Å². The molecule has 0 spiro atoms. The van der Waals surface area contributed by atoms with Gasteiger partial charge in [0.2, 0.25) is 0 Å². The number of nitrogens with one attached hydrogen (secondary N) is 1. The molecule has 1 aromatic carbocycles. The SMILES string of the molecule is Cc1cc(C)c(-c2cnc(CCl)[nH]2)cc1C. The van der Waals surface area contributed by atoms with Gasteiger partial charge in [-0.1, -0.05) is 6.07 Å². The molecule has 16 heavy (non-hydrogen) atoms. The highest BCUT2D eigenvalue weighted by molar-refractivity contribution is 6.16. The van der Waals surface area contributed by atoms with E-state index in [-0.39, 0.29) is 0 Å². The third-order valence-electron chi connectivity index (χ3n) is 2.89. The van der Waals surface area contributed by atoms with E-state index >= 15 is 0 Å². The molecule has 0 unspecified atom stereocenters. The first-order chi connectivity index (χ1) is 7.61. The number of rotatable bonds is 2. The Kier molecular flexibility index (Phi) is 3.01. The lowest BCUT2D eigenvalue weighted by Gasteiger charge is -2.07. The van der Waals surface area contributed by atoms with E-state index in [0.29, 0.717) is 5.88 Å². The van der Waals surface area contributed by atoms with E-state index in [0.717, 1.165) is 11.5 Å². The maximum Gasteiger partial charge on any atom is 0.121 e. The largest absolute Gasteiger partial charge is 0.341 e. The Morgan fingerprint density at radius 3 is 2.44 bits per heavy atom. The third-order valence-corrected chi connectivity index (χ3v) is 3.14. The lowest BCUT2D eigenvalue weighted by Crippen LogP contribution is -1.89. The van der Waals surface area contributed by atoms with Crippen LogP contribution in [0.1, 0.15) is 22.5 Å². The van der Waals surface area contributed by atoms with Crippen molar-refractivity contribution in [3.63, 3.8) is 0 Å². The lowest BCUT2D eigenvalue weighted by molar-refractivity contribution is 1.12. The number of alkyl halides is 1. The molecule has 0 aliphatic rings. The molecular weight excluding hydrogens is 220 g/mol. The van der Waals surface area contributed by atoms with Crippen molar-refractivity contribution in [1.29, 1.82) is 0 Å². The van der Waals surface area contributed by atoms with Crippen LogP contribution < -0.4 is 0 Å². The molecule has 0 saturated heterocycles. The molecule has 1 N–H and O–H groups in total. The van der Waals surface area contributed by atoms with Gasteiger partial charge in [-0.3, -0.25) is 0 Å². The van der Waals surface area contributed by atoms with Gasteiger partial charge >= 0.3 is 0 Å². The second-order valence-corrected chi connectivity index (χ2v) is 4.40. The average molecular weight is 235 g/mol. The number of aromatic amines is 1. The summed E-state index contributed by atoms with van der Waals surface area (Å²) >= 11 is 5.73. The van der Waals surface area contributed by atoms with Crippen molar-refractivity contribution in [3.8, 4) is 11.3 Å². The molecule has 0 atom stereocenters. The second-order valence-electron chi connectivity index (χ2n) is 4.13. The van der Waals surface area contributed by atoms with Crippen molar-refractivity contribution in [2.24, 2.45) is 0 Å². The van der Waals surface area contributed by atoms with E-state index in [1.54, 1.807) is 0 Å². The van der Waals surface area contributed by atoms with Gasteiger partial charge in [0.1, 0.15) is 5.82 Å². The van der Waals surface area contributed by atoms with Crippen molar-refractivity contribution in [3.05, 3.63) is 40.8 Å². The van der Waals surface area contributed by atoms with Crippen molar-refractivity contribution < 1.29 is 0 Å². The Morgan fingerprint density at radius 1 is 1.12 bits per heavy atom. The van der Waals surface area contributed by atoms with Crippen LogP contribution in [-0.2, 0) is 5.88 Å². The zero-order valence-corrected chi connectivity index (χ0v) is 10.5. The van der Waals surface area contributed by atoms with E-state index in [9.17, 15) is 0 Å². The number of benzene rings is 1. The van der Waals surface area contributed by atoms with Crippen LogP contribution in [0.3, 0.4) is 0 Å².